The van der Waals surface area contributed by atoms with Crippen molar-refractivity contribution in [2.75, 3.05) is 5.32 Å². The zero-order valence-corrected chi connectivity index (χ0v) is 12.4. The number of carbonyl (C=O) groups excluding carboxylic acids is 1. The third-order valence-corrected chi connectivity index (χ3v) is 3.46. The van der Waals surface area contributed by atoms with Gasteiger partial charge in [-0.1, -0.05) is 35.9 Å². The van der Waals surface area contributed by atoms with Crippen molar-refractivity contribution in [3.05, 3.63) is 62.7 Å². The van der Waals surface area contributed by atoms with Crippen molar-refractivity contribution in [1.82, 2.24) is 0 Å². The van der Waals surface area contributed by atoms with E-state index in [1.165, 1.54) is 0 Å². The first kappa shape index (κ1) is 13.4. The van der Waals surface area contributed by atoms with Crippen molar-refractivity contribution >= 4 is 45.8 Å². The highest BCUT2D eigenvalue weighted by Gasteiger charge is 2.06. The van der Waals surface area contributed by atoms with Crippen molar-refractivity contribution in [2.45, 2.75) is 6.42 Å². The highest BCUT2D eigenvalue weighted by atomic mass is 127. The molecule has 4 heteroatoms. The highest BCUT2D eigenvalue weighted by Crippen LogP contribution is 2.17. The van der Waals surface area contributed by atoms with E-state index < -0.39 is 0 Å². The van der Waals surface area contributed by atoms with Crippen molar-refractivity contribution < 1.29 is 4.79 Å². The topological polar surface area (TPSA) is 29.1 Å². The van der Waals surface area contributed by atoms with Gasteiger partial charge in [-0.15, -0.1) is 0 Å². The first-order chi connectivity index (χ1) is 8.65. The van der Waals surface area contributed by atoms with Gasteiger partial charge in [0.2, 0.25) is 5.91 Å². The summed E-state index contributed by atoms with van der Waals surface area (Å²) in [5.74, 6) is -0.0647. The maximum Gasteiger partial charge on any atom is 0.228 e. The van der Waals surface area contributed by atoms with Crippen LogP contribution in [0.4, 0.5) is 5.69 Å². The Morgan fingerprint density at radius 2 is 1.94 bits per heavy atom. The van der Waals surface area contributed by atoms with E-state index in [1.54, 1.807) is 6.07 Å². The molecule has 0 aliphatic carbocycles. The lowest BCUT2D eigenvalue weighted by Crippen LogP contribution is -2.14. The molecule has 0 bridgehead atoms. The lowest BCUT2D eigenvalue weighted by molar-refractivity contribution is -0.115. The average molecular weight is 372 g/mol. The van der Waals surface area contributed by atoms with Gasteiger partial charge in [-0.2, -0.15) is 0 Å². The predicted molar refractivity (Wildman–Crippen MR) is 82.9 cm³/mol. The Kier molecular flexibility index (Phi) is 4.60. The van der Waals surface area contributed by atoms with E-state index in [1.807, 2.05) is 42.5 Å². The van der Waals surface area contributed by atoms with Crippen LogP contribution in [0, 0.1) is 3.57 Å². The largest absolute Gasteiger partial charge is 0.326 e. The van der Waals surface area contributed by atoms with Crippen molar-refractivity contribution in [1.29, 1.82) is 0 Å². The molecule has 2 rings (SSSR count). The number of nitrogens with one attached hydrogen (secondary N) is 1. The molecule has 0 atom stereocenters. The molecule has 0 aliphatic rings. The molecule has 2 aromatic carbocycles. The van der Waals surface area contributed by atoms with Crippen molar-refractivity contribution in [3.8, 4) is 0 Å². The Hall–Kier alpha value is -1.07. The van der Waals surface area contributed by atoms with E-state index in [4.69, 9.17) is 11.6 Å². The minimum absolute atomic E-state index is 0.0647. The first-order valence-electron chi connectivity index (χ1n) is 5.44. The summed E-state index contributed by atoms with van der Waals surface area (Å²) in [6.45, 7) is 0. The molecule has 0 radical (unpaired) electrons. The smallest absolute Gasteiger partial charge is 0.228 e. The van der Waals surface area contributed by atoms with E-state index in [2.05, 4.69) is 27.9 Å². The van der Waals surface area contributed by atoms with Gasteiger partial charge in [0.1, 0.15) is 0 Å². The summed E-state index contributed by atoms with van der Waals surface area (Å²) in [6.07, 6.45) is 0.283. The van der Waals surface area contributed by atoms with Crippen LogP contribution in [0.1, 0.15) is 5.56 Å². The number of halogens is 2. The Bertz CT molecular complexity index is 571. The minimum atomic E-state index is -0.0647. The Morgan fingerprint density at radius 1 is 1.17 bits per heavy atom. The molecular formula is C14H11ClINO. The zero-order valence-electron chi connectivity index (χ0n) is 9.49. The second-order valence-corrected chi connectivity index (χ2v) is 5.48. The SMILES string of the molecule is O=C(Cc1ccccc1Cl)Nc1cccc(I)c1. The van der Waals surface area contributed by atoms with E-state index >= 15 is 0 Å². The Balaban J connectivity index is 2.03. The lowest BCUT2D eigenvalue weighted by Gasteiger charge is -2.06. The monoisotopic (exact) mass is 371 g/mol. The van der Waals surface area contributed by atoms with Crippen LogP contribution in [0.15, 0.2) is 48.5 Å². The lowest BCUT2D eigenvalue weighted by atomic mass is 10.1. The molecule has 0 aliphatic heterocycles. The third-order valence-electron chi connectivity index (χ3n) is 2.42. The summed E-state index contributed by atoms with van der Waals surface area (Å²) in [5, 5.41) is 3.48. The van der Waals surface area contributed by atoms with Gasteiger partial charge >= 0.3 is 0 Å². The van der Waals surface area contributed by atoms with Gasteiger partial charge in [0.15, 0.2) is 0 Å². The fourth-order valence-electron chi connectivity index (χ4n) is 1.59. The molecule has 92 valence electrons. The normalized spacial score (nSPS) is 10.1. The quantitative estimate of drug-likeness (QED) is 0.808. The molecule has 0 fully saturated rings. The van der Waals surface area contributed by atoms with Crippen LogP contribution in [-0.2, 0) is 11.2 Å². The van der Waals surface area contributed by atoms with Gasteiger partial charge in [-0.3, -0.25) is 4.79 Å². The van der Waals surface area contributed by atoms with Gasteiger partial charge in [-0.25, -0.2) is 0 Å². The molecule has 0 heterocycles. The van der Waals surface area contributed by atoms with Gasteiger partial charge in [0, 0.05) is 14.3 Å². The summed E-state index contributed by atoms with van der Waals surface area (Å²) < 4.78 is 1.09. The number of amides is 1. The third kappa shape index (κ3) is 3.71. The van der Waals surface area contributed by atoms with Gasteiger partial charge < -0.3 is 5.32 Å². The summed E-state index contributed by atoms with van der Waals surface area (Å²) in [7, 11) is 0. The number of hydrogen-bond acceptors (Lipinski definition) is 1. The summed E-state index contributed by atoms with van der Waals surface area (Å²) >= 11 is 8.22. The summed E-state index contributed by atoms with van der Waals surface area (Å²) in [6, 6.07) is 15.0. The van der Waals surface area contributed by atoms with Gasteiger partial charge in [0.05, 0.1) is 6.42 Å². The molecule has 0 aromatic heterocycles. The average Bonchev–Trinajstić information content (AvgIpc) is 2.32. The van der Waals surface area contributed by atoms with Crippen molar-refractivity contribution in [3.63, 3.8) is 0 Å². The Labute approximate surface area is 124 Å². The second kappa shape index (κ2) is 6.20. The molecule has 0 saturated heterocycles. The number of carbonyl (C=O) groups is 1. The number of benzene rings is 2. The molecule has 0 saturated carbocycles. The van der Waals surface area contributed by atoms with Crippen LogP contribution in [0.5, 0.6) is 0 Å². The van der Waals surface area contributed by atoms with Gasteiger partial charge in [0.25, 0.3) is 0 Å². The van der Waals surface area contributed by atoms with E-state index in [9.17, 15) is 4.79 Å². The van der Waals surface area contributed by atoms with Crippen LogP contribution in [0.2, 0.25) is 5.02 Å². The fourth-order valence-corrected chi connectivity index (χ4v) is 2.33. The predicted octanol–water partition coefficient (Wildman–Crippen LogP) is 4.13. The molecule has 18 heavy (non-hydrogen) atoms. The van der Waals surface area contributed by atoms with Gasteiger partial charge in [-0.05, 0) is 52.4 Å². The van der Waals surface area contributed by atoms with Crippen LogP contribution >= 0.6 is 34.2 Å². The molecule has 1 N–H and O–H groups in total. The molecule has 0 spiro atoms. The molecule has 1 amide bonds. The highest BCUT2D eigenvalue weighted by molar-refractivity contribution is 14.1. The van der Waals surface area contributed by atoms with E-state index in [0.717, 1.165) is 14.8 Å². The number of anilines is 1. The molecule has 0 unspecified atom stereocenters. The fraction of sp³-hybridized carbons (Fsp3) is 0.0714. The number of hydrogen-bond donors (Lipinski definition) is 1. The minimum Gasteiger partial charge on any atom is -0.326 e. The van der Waals surface area contributed by atoms with Crippen molar-refractivity contribution in [2.24, 2.45) is 0 Å². The first-order valence-corrected chi connectivity index (χ1v) is 6.89. The molecule has 2 aromatic rings. The zero-order chi connectivity index (χ0) is 13.0. The standard InChI is InChI=1S/C14H11ClINO/c15-13-7-2-1-4-10(13)8-14(18)17-12-6-3-5-11(16)9-12/h1-7,9H,8H2,(H,17,18). The van der Waals surface area contributed by atoms with Crippen LogP contribution in [0.25, 0.3) is 0 Å². The molecule has 2 nitrogen and oxygen atoms in total. The number of rotatable bonds is 3. The maximum absolute atomic E-state index is 11.9. The summed E-state index contributed by atoms with van der Waals surface area (Å²) in [4.78, 5) is 11.9. The van der Waals surface area contributed by atoms with Crippen LogP contribution in [-0.4, -0.2) is 5.91 Å². The maximum atomic E-state index is 11.9. The Morgan fingerprint density at radius 3 is 2.67 bits per heavy atom. The summed E-state index contributed by atoms with van der Waals surface area (Å²) in [5.41, 5.74) is 1.64. The second-order valence-electron chi connectivity index (χ2n) is 3.83. The van der Waals surface area contributed by atoms with E-state index in [0.29, 0.717) is 5.02 Å². The van der Waals surface area contributed by atoms with Crippen LogP contribution < -0.4 is 5.32 Å². The van der Waals surface area contributed by atoms with E-state index in [-0.39, 0.29) is 12.3 Å². The molecular weight excluding hydrogens is 361 g/mol. The van der Waals surface area contributed by atoms with Crippen LogP contribution in [0.3, 0.4) is 0 Å².